The van der Waals surface area contributed by atoms with Crippen LogP contribution < -0.4 is 0 Å². The first-order valence-corrected chi connectivity index (χ1v) is 13.7. The molecule has 210 valence electrons. The molecule has 0 heterocycles. The van der Waals surface area contributed by atoms with Gasteiger partial charge in [-0.1, -0.05) is 73.3 Å². The van der Waals surface area contributed by atoms with Crippen molar-refractivity contribution in [2.45, 2.75) is 133 Å². The molecule has 0 aromatic rings. The smallest absolute Gasteiger partial charge is 0.0779 e. The van der Waals surface area contributed by atoms with Gasteiger partial charge in [-0.3, -0.25) is 0 Å². The maximum absolute atomic E-state index is 11.7. The summed E-state index contributed by atoms with van der Waals surface area (Å²) in [6, 6.07) is 0. The van der Waals surface area contributed by atoms with Gasteiger partial charge in [0.1, 0.15) is 0 Å². The van der Waals surface area contributed by atoms with Crippen LogP contribution in [0.4, 0.5) is 0 Å². The number of allylic oxidation sites excluding steroid dienone is 1. The molecule has 0 amide bonds. The third kappa shape index (κ3) is 4.27. The second-order valence-electron chi connectivity index (χ2n) is 14.0. The van der Waals surface area contributed by atoms with Crippen LogP contribution in [0.2, 0.25) is 0 Å². The Bertz CT molecular complexity index is 847. The number of hydrogen-bond donors (Lipinski definition) is 4. The molecule has 0 radical (unpaired) electrons. The zero-order valence-electron chi connectivity index (χ0n) is 22.6. The molecule has 4 nitrogen and oxygen atoms in total. The van der Waals surface area contributed by atoms with Gasteiger partial charge in [-0.15, -0.1) is 0 Å². The number of aliphatic hydroxyl groups excluding tert-OH is 4. The highest BCUT2D eigenvalue weighted by atomic mass is 16.3. The SMILES string of the molecule is C.C.C=C(C)[C@H](O)C/C=C(\C)C1CC[C@]2(C)C1[C@H](O)CC1[C@@]3(C)CC[C@H](O)C(C)(C)C3[C@@H](O)C[C@]12C. The predicted octanol–water partition coefficient (Wildman–Crippen LogP) is 6.52. The zero-order valence-corrected chi connectivity index (χ0v) is 22.6. The first-order valence-electron chi connectivity index (χ1n) is 13.7. The van der Waals surface area contributed by atoms with E-state index in [4.69, 9.17) is 0 Å². The molecule has 0 bridgehead atoms. The second kappa shape index (κ2) is 10.1. The van der Waals surface area contributed by atoms with Crippen LogP contribution in [0.1, 0.15) is 108 Å². The first kappa shape index (κ1) is 31.5. The van der Waals surface area contributed by atoms with Gasteiger partial charge < -0.3 is 20.4 Å². The number of aliphatic hydroxyl groups is 4. The van der Waals surface area contributed by atoms with Crippen LogP contribution in [-0.2, 0) is 0 Å². The molecule has 0 aliphatic heterocycles. The first-order chi connectivity index (χ1) is 15.6. The van der Waals surface area contributed by atoms with E-state index in [0.717, 1.165) is 44.1 Å². The Kier molecular flexibility index (Phi) is 8.88. The van der Waals surface area contributed by atoms with Crippen LogP contribution in [0.25, 0.3) is 0 Å². The minimum absolute atomic E-state index is 0. The van der Waals surface area contributed by atoms with Gasteiger partial charge in [-0.2, -0.15) is 0 Å². The number of hydrogen-bond acceptors (Lipinski definition) is 4. The van der Waals surface area contributed by atoms with Crippen LogP contribution in [0, 0.1) is 45.3 Å². The van der Waals surface area contributed by atoms with Crippen molar-refractivity contribution < 1.29 is 20.4 Å². The van der Waals surface area contributed by atoms with Crippen LogP contribution in [0.5, 0.6) is 0 Å². The molecule has 0 spiro atoms. The normalized spacial score (nSPS) is 48.4. The summed E-state index contributed by atoms with van der Waals surface area (Å²) in [5, 5.41) is 44.5. The Hall–Kier alpha value is -0.680. The van der Waals surface area contributed by atoms with Crippen LogP contribution in [0.15, 0.2) is 23.8 Å². The topological polar surface area (TPSA) is 80.9 Å². The Morgan fingerprint density at radius 3 is 2.14 bits per heavy atom. The highest BCUT2D eigenvalue weighted by Gasteiger charge is 2.72. The molecule has 4 rings (SSSR count). The average molecular weight is 507 g/mol. The summed E-state index contributed by atoms with van der Waals surface area (Å²) in [7, 11) is 0. The summed E-state index contributed by atoms with van der Waals surface area (Å²) in [6.45, 7) is 19.3. The van der Waals surface area contributed by atoms with Crippen molar-refractivity contribution in [1.82, 2.24) is 0 Å². The van der Waals surface area contributed by atoms with Crippen molar-refractivity contribution in [1.29, 1.82) is 0 Å². The van der Waals surface area contributed by atoms with Crippen molar-refractivity contribution in [3.8, 4) is 0 Å². The molecule has 4 unspecified atom stereocenters. The van der Waals surface area contributed by atoms with E-state index in [1.165, 1.54) is 5.57 Å². The van der Waals surface area contributed by atoms with Gasteiger partial charge in [0.05, 0.1) is 24.4 Å². The van der Waals surface area contributed by atoms with Gasteiger partial charge in [-0.25, -0.2) is 0 Å². The van der Waals surface area contributed by atoms with Crippen molar-refractivity contribution in [2.75, 3.05) is 0 Å². The molecule has 36 heavy (non-hydrogen) atoms. The Morgan fingerprint density at radius 1 is 0.944 bits per heavy atom. The maximum atomic E-state index is 11.7. The molecule has 0 aromatic carbocycles. The van der Waals surface area contributed by atoms with Crippen LogP contribution in [-0.4, -0.2) is 44.8 Å². The van der Waals surface area contributed by atoms with E-state index in [9.17, 15) is 20.4 Å². The lowest BCUT2D eigenvalue weighted by molar-refractivity contribution is -0.270. The van der Waals surface area contributed by atoms with E-state index >= 15 is 0 Å². The molecule has 11 atom stereocenters. The summed E-state index contributed by atoms with van der Waals surface area (Å²) >= 11 is 0. The largest absolute Gasteiger partial charge is 0.393 e. The van der Waals surface area contributed by atoms with Gasteiger partial charge in [0.2, 0.25) is 0 Å². The molecule has 4 aliphatic carbocycles. The lowest BCUT2D eigenvalue weighted by Crippen LogP contribution is -2.69. The fraction of sp³-hybridized carbons (Fsp3) is 0.875. The minimum Gasteiger partial charge on any atom is -0.393 e. The third-order valence-electron chi connectivity index (χ3n) is 12.1. The summed E-state index contributed by atoms with van der Waals surface area (Å²) in [5.74, 6) is 0.838. The molecule has 4 aliphatic rings. The Labute approximate surface area is 222 Å². The van der Waals surface area contributed by atoms with Gasteiger partial charge in [-0.05, 0) is 104 Å². The summed E-state index contributed by atoms with van der Waals surface area (Å²) in [5.41, 5.74) is 1.51. The average Bonchev–Trinajstić information content (AvgIpc) is 3.10. The lowest BCUT2D eigenvalue weighted by Gasteiger charge is -2.71. The molecular weight excluding hydrogens is 448 g/mol. The summed E-state index contributed by atoms with van der Waals surface area (Å²) in [4.78, 5) is 0. The van der Waals surface area contributed by atoms with Crippen molar-refractivity contribution in [3.05, 3.63) is 23.8 Å². The van der Waals surface area contributed by atoms with E-state index in [1.807, 2.05) is 6.92 Å². The van der Waals surface area contributed by atoms with E-state index in [1.54, 1.807) is 0 Å². The lowest BCUT2D eigenvalue weighted by atomic mass is 9.34. The Balaban J connectivity index is 0.00000228. The second-order valence-corrected chi connectivity index (χ2v) is 14.0. The highest BCUT2D eigenvalue weighted by Crippen LogP contribution is 2.75. The summed E-state index contributed by atoms with van der Waals surface area (Å²) in [6.07, 6.45) is 6.33. The monoisotopic (exact) mass is 506 g/mol. The standard InChI is InChI=1S/C30H50O4.2CH4/c1-17(2)20(31)10-9-18(3)19-11-14-29(7)25(19)21(32)15-23-28(6)13-12-24(34)27(4,5)26(28)22(33)16-30(23,29)8;;/h9,19-26,31-34H,1,10-16H2,2-8H3;2*1H4/b18-9+;;/t19?,20-,21-,22+,23?,24+,25?,26?,28-,29-,30-;;/m1../s1. The van der Waals surface area contributed by atoms with Gasteiger partial charge in [0.25, 0.3) is 0 Å². The summed E-state index contributed by atoms with van der Waals surface area (Å²) < 4.78 is 0. The predicted molar refractivity (Wildman–Crippen MR) is 150 cm³/mol. The zero-order chi connectivity index (χ0) is 25.4. The Morgan fingerprint density at radius 2 is 1.56 bits per heavy atom. The fourth-order valence-corrected chi connectivity index (χ4v) is 10.1. The molecule has 4 fully saturated rings. The quantitative estimate of drug-likeness (QED) is 0.327. The molecular formula is C32H58O4. The molecule has 4 saturated carbocycles. The number of rotatable bonds is 4. The molecule has 4 N–H and O–H groups in total. The third-order valence-corrected chi connectivity index (χ3v) is 12.1. The van der Waals surface area contributed by atoms with Crippen molar-refractivity contribution in [2.24, 2.45) is 45.3 Å². The van der Waals surface area contributed by atoms with E-state index in [0.29, 0.717) is 18.3 Å². The van der Waals surface area contributed by atoms with Gasteiger partial charge >= 0.3 is 0 Å². The van der Waals surface area contributed by atoms with Gasteiger partial charge in [0.15, 0.2) is 0 Å². The van der Waals surface area contributed by atoms with Crippen molar-refractivity contribution in [3.63, 3.8) is 0 Å². The number of fused-ring (bicyclic) bond motifs is 5. The molecule has 0 saturated heterocycles. The highest BCUT2D eigenvalue weighted by molar-refractivity contribution is 5.24. The molecule has 0 aromatic heterocycles. The van der Waals surface area contributed by atoms with Crippen LogP contribution in [0.3, 0.4) is 0 Å². The maximum Gasteiger partial charge on any atom is 0.0779 e. The van der Waals surface area contributed by atoms with Crippen LogP contribution >= 0.6 is 0 Å². The van der Waals surface area contributed by atoms with Gasteiger partial charge in [0, 0.05) is 0 Å². The minimum atomic E-state index is -0.517. The van der Waals surface area contributed by atoms with Crippen molar-refractivity contribution >= 4 is 0 Å². The van der Waals surface area contributed by atoms with E-state index < -0.39 is 12.2 Å². The molecule has 4 heteroatoms. The van der Waals surface area contributed by atoms with E-state index in [2.05, 4.69) is 54.2 Å². The fourth-order valence-electron chi connectivity index (χ4n) is 10.1. The van der Waals surface area contributed by atoms with E-state index in [-0.39, 0.29) is 60.6 Å².